The van der Waals surface area contributed by atoms with Gasteiger partial charge in [0, 0.05) is 13.2 Å². The Kier molecular flexibility index (Phi) is 1.74. The van der Waals surface area contributed by atoms with Crippen molar-refractivity contribution >= 4 is 0 Å². The molecule has 2 aliphatic carbocycles. The molecular formula is C9H14O2. The van der Waals surface area contributed by atoms with Gasteiger partial charge >= 0.3 is 0 Å². The largest absolute Gasteiger partial charge is 0.396 e. The Hall–Kier alpha value is -0.340. The van der Waals surface area contributed by atoms with Gasteiger partial charge in [-0.2, -0.15) is 0 Å². The summed E-state index contributed by atoms with van der Waals surface area (Å²) in [5.41, 5.74) is 0. The number of fused-ring (bicyclic) bond motifs is 2. The van der Waals surface area contributed by atoms with E-state index in [2.05, 4.69) is 12.2 Å². The van der Waals surface area contributed by atoms with E-state index >= 15 is 0 Å². The van der Waals surface area contributed by atoms with Gasteiger partial charge in [-0.1, -0.05) is 12.2 Å². The zero-order chi connectivity index (χ0) is 7.84. The third kappa shape index (κ3) is 0.932. The summed E-state index contributed by atoms with van der Waals surface area (Å²) in [5.74, 6) is 1.74. The fourth-order valence-electron chi connectivity index (χ4n) is 2.57. The lowest BCUT2D eigenvalue weighted by Crippen LogP contribution is -2.25. The number of hydrogen-bond donors (Lipinski definition) is 2. The van der Waals surface area contributed by atoms with Gasteiger partial charge in [0.1, 0.15) is 0 Å². The third-order valence-corrected chi connectivity index (χ3v) is 3.22. The Balaban J connectivity index is 2.15. The highest BCUT2D eigenvalue weighted by Crippen LogP contribution is 2.47. The molecule has 4 atom stereocenters. The number of rotatable bonds is 2. The van der Waals surface area contributed by atoms with Crippen molar-refractivity contribution in [2.24, 2.45) is 23.7 Å². The summed E-state index contributed by atoms with van der Waals surface area (Å²) < 4.78 is 0. The first-order chi connectivity index (χ1) is 5.36. The molecule has 2 aliphatic rings. The van der Waals surface area contributed by atoms with Crippen molar-refractivity contribution in [3.63, 3.8) is 0 Å². The summed E-state index contributed by atoms with van der Waals surface area (Å²) in [7, 11) is 0. The van der Waals surface area contributed by atoms with E-state index in [1.54, 1.807) is 0 Å². The predicted molar refractivity (Wildman–Crippen MR) is 41.9 cm³/mol. The Bertz CT molecular complexity index is 158. The molecule has 0 aromatic rings. The summed E-state index contributed by atoms with van der Waals surface area (Å²) in [6.45, 7) is 0.466. The maximum atomic E-state index is 9.04. The molecule has 0 amide bonds. The normalized spacial score (nSPS) is 47.1. The van der Waals surface area contributed by atoms with Crippen molar-refractivity contribution in [3.05, 3.63) is 12.2 Å². The highest BCUT2D eigenvalue weighted by atomic mass is 16.3. The minimum Gasteiger partial charge on any atom is -0.396 e. The molecule has 1 fully saturated rings. The lowest BCUT2D eigenvalue weighted by molar-refractivity contribution is 0.112. The van der Waals surface area contributed by atoms with Gasteiger partial charge in [-0.05, 0) is 30.1 Å². The molecule has 0 saturated heterocycles. The molecule has 0 aliphatic heterocycles. The molecule has 2 rings (SSSR count). The maximum Gasteiger partial charge on any atom is 0.0468 e. The number of aliphatic hydroxyl groups is 2. The lowest BCUT2D eigenvalue weighted by Gasteiger charge is -2.23. The fourth-order valence-corrected chi connectivity index (χ4v) is 2.57. The van der Waals surface area contributed by atoms with E-state index in [0.29, 0.717) is 23.7 Å². The first-order valence-electron chi connectivity index (χ1n) is 4.27. The predicted octanol–water partition coefficient (Wildman–Crippen LogP) is 0.409. The van der Waals surface area contributed by atoms with Crippen LogP contribution in [0.15, 0.2) is 12.2 Å². The van der Waals surface area contributed by atoms with Crippen molar-refractivity contribution < 1.29 is 10.2 Å². The first-order valence-corrected chi connectivity index (χ1v) is 4.27. The molecule has 0 aromatic heterocycles. The van der Waals surface area contributed by atoms with Gasteiger partial charge in [-0.25, -0.2) is 0 Å². The van der Waals surface area contributed by atoms with Gasteiger partial charge in [0.15, 0.2) is 0 Å². The van der Waals surface area contributed by atoms with Gasteiger partial charge in [0.2, 0.25) is 0 Å². The molecule has 11 heavy (non-hydrogen) atoms. The number of allylic oxidation sites excluding steroid dienone is 2. The zero-order valence-electron chi connectivity index (χ0n) is 6.48. The van der Waals surface area contributed by atoms with Gasteiger partial charge in [-0.3, -0.25) is 0 Å². The topological polar surface area (TPSA) is 40.5 Å². The highest BCUT2D eigenvalue weighted by molar-refractivity contribution is 5.13. The average Bonchev–Trinajstić information content (AvgIpc) is 2.60. The van der Waals surface area contributed by atoms with E-state index in [-0.39, 0.29) is 13.2 Å². The van der Waals surface area contributed by atoms with Gasteiger partial charge in [0.05, 0.1) is 0 Å². The molecule has 2 heteroatoms. The van der Waals surface area contributed by atoms with Crippen LogP contribution >= 0.6 is 0 Å². The van der Waals surface area contributed by atoms with Crippen LogP contribution in [0.5, 0.6) is 0 Å². The quantitative estimate of drug-likeness (QED) is 0.565. The van der Waals surface area contributed by atoms with E-state index in [0.717, 1.165) is 6.42 Å². The van der Waals surface area contributed by atoms with Gasteiger partial charge < -0.3 is 10.2 Å². The van der Waals surface area contributed by atoms with Crippen LogP contribution in [0.3, 0.4) is 0 Å². The van der Waals surface area contributed by atoms with Crippen LogP contribution in [0.1, 0.15) is 6.42 Å². The Labute approximate surface area is 66.5 Å². The summed E-state index contributed by atoms with van der Waals surface area (Å²) in [4.78, 5) is 0. The number of aliphatic hydroxyl groups excluding tert-OH is 2. The smallest absolute Gasteiger partial charge is 0.0468 e. The maximum absolute atomic E-state index is 9.04. The van der Waals surface area contributed by atoms with Crippen molar-refractivity contribution in [1.29, 1.82) is 0 Å². The molecule has 1 saturated carbocycles. The SMILES string of the molecule is OC[C@@H]1[C@@H](CO)[C@H]2C=C[C@H]1C2. The average molecular weight is 154 g/mol. The van der Waals surface area contributed by atoms with Crippen molar-refractivity contribution in [1.82, 2.24) is 0 Å². The monoisotopic (exact) mass is 154 g/mol. The lowest BCUT2D eigenvalue weighted by atomic mass is 9.84. The van der Waals surface area contributed by atoms with Gasteiger partial charge in [0.25, 0.3) is 0 Å². The summed E-state index contributed by atoms with van der Waals surface area (Å²) >= 11 is 0. The molecule has 2 nitrogen and oxygen atoms in total. The zero-order valence-corrected chi connectivity index (χ0v) is 6.48. The molecule has 62 valence electrons. The second-order valence-corrected chi connectivity index (χ2v) is 3.64. The van der Waals surface area contributed by atoms with Crippen LogP contribution in [0.25, 0.3) is 0 Å². The van der Waals surface area contributed by atoms with Crippen LogP contribution in [0.2, 0.25) is 0 Å². The molecule has 0 heterocycles. The van der Waals surface area contributed by atoms with E-state index in [9.17, 15) is 0 Å². The summed E-state index contributed by atoms with van der Waals surface area (Å²) in [6, 6.07) is 0. The molecule has 0 radical (unpaired) electrons. The summed E-state index contributed by atoms with van der Waals surface area (Å²) in [6.07, 6.45) is 5.53. The highest BCUT2D eigenvalue weighted by Gasteiger charge is 2.43. The Morgan fingerprint density at radius 1 is 1.00 bits per heavy atom. The van der Waals surface area contributed by atoms with Crippen LogP contribution in [0, 0.1) is 23.7 Å². The van der Waals surface area contributed by atoms with Crippen molar-refractivity contribution in [2.45, 2.75) is 6.42 Å². The molecule has 0 aromatic carbocycles. The second-order valence-electron chi connectivity index (χ2n) is 3.64. The number of hydrogen-bond acceptors (Lipinski definition) is 2. The van der Waals surface area contributed by atoms with E-state index in [1.807, 2.05) is 0 Å². The van der Waals surface area contributed by atoms with E-state index in [4.69, 9.17) is 10.2 Å². The van der Waals surface area contributed by atoms with Crippen LogP contribution in [-0.4, -0.2) is 23.4 Å². The third-order valence-electron chi connectivity index (χ3n) is 3.22. The van der Waals surface area contributed by atoms with Crippen LogP contribution < -0.4 is 0 Å². The molecule has 0 unspecified atom stereocenters. The first kappa shape index (κ1) is 7.32. The minimum atomic E-state index is 0.233. The fraction of sp³-hybridized carbons (Fsp3) is 0.778. The Morgan fingerprint density at radius 2 is 1.45 bits per heavy atom. The van der Waals surface area contributed by atoms with Crippen molar-refractivity contribution in [2.75, 3.05) is 13.2 Å². The van der Waals surface area contributed by atoms with Gasteiger partial charge in [-0.15, -0.1) is 0 Å². The molecule has 2 N–H and O–H groups in total. The summed E-state index contributed by atoms with van der Waals surface area (Å²) in [5, 5.41) is 18.1. The minimum absolute atomic E-state index is 0.233. The van der Waals surface area contributed by atoms with Crippen molar-refractivity contribution in [3.8, 4) is 0 Å². The molecule has 0 spiro atoms. The van der Waals surface area contributed by atoms with Crippen LogP contribution in [-0.2, 0) is 0 Å². The van der Waals surface area contributed by atoms with E-state index in [1.165, 1.54) is 0 Å². The Morgan fingerprint density at radius 3 is 1.82 bits per heavy atom. The van der Waals surface area contributed by atoms with E-state index < -0.39 is 0 Å². The molecular weight excluding hydrogens is 140 g/mol. The standard InChI is InChI=1S/C9H14O2/c10-4-8-6-1-2-7(3-6)9(8)5-11/h1-2,6-11H,3-5H2/t6-,7-,8-,9-/m0/s1. The van der Waals surface area contributed by atoms with Crippen LogP contribution in [0.4, 0.5) is 0 Å². The molecule has 2 bridgehead atoms. The second kappa shape index (κ2) is 2.61.